The number of aliphatic hydroxyl groups is 2. The fourth-order valence-electron chi connectivity index (χ4n) is 4.85. The molecule has 6 nitrogen and oxygen atoms in total. The summed E-state index contributed by atoms with van der Waals surface area (Å²) in [4.78, 5) is 19.7. The van der Waals surface area contributed by atoms with Gasteiger partial charge in [0, 0.05) is 57.5 Å². The molecule has 1 aromatic carbocycles. The van der Waals surface area contributed by atoms with Crippen molar-refractivity contribution in [2.45, 2.75) is 30.5 Å². The second kappa shape index (κ2) is 6.68. The summed E-state index contributed by atoms with van der Waals surface area (Å²) in [6.45, 7) is 5.07. The molecule has 3 fully saturated rings. The number of β-amino-alcohol motifs (C(OH)–C–C–N with tert-alkyl or cyclic N) is 1. The molecule has 0 bridgehead atoms. The topological polar surface area (TPSA) is 67.3 Å². The van der Waals surface area contributed by atoms with Gasteiger partial charge in [0.2, 0.25) is 0 Å². The van der Waals surface area contributed by atoms with Crippen LogP contribution in [0.25, 0.3) is 0 Å². The Labute approximate surface area is 148 Å². The van der Waals surface area contributed by atoms with Crippen molar-refractivity contribution in [3.05, 3.63) is 35.9 Å². The van der Waals surface area contributed by atoms with Gasteiger partial charge in [0.1, 0.15) is 0 Å². The van der Waals surface area contributed by atoms with E-state index in [1.165, 1.54) is 0 Å². The smallest absolute Gasteiger partial charge is 0.253 e. The summed E-state index contributed by atoms with van der Waals surface area (Å²) < 4.78 is 0. The lowest BCUT2D eigenvalue weighted by atomic mass is 9.83. The monoisotopic (exact) mass is 345 g/mol. The van der Waals surface area contributed by atoms with Gasteiger partial charge in [-0.1, -0.05) is 18.2 Å². The Hall–Kier alpha value is -1.47. The van der Waals surface area contributed by atoms with Crippen LogP contribution in [0.15, 0.2) is 30.3 Å². The molecule has 2 N–H and O–H groups in total. The first-order valence-corrected chi connectivity index (χ1v) is 9.24. The minimum atomic E-state index is -0.292. The molecule has 25 heavy (non-hydrogen) atoms. The van der Waals surface area contributed by atoms with Gasteiger partial charge in [0.15, 0.2) is 0 Å². The van der Waals surface area contributed by atoms with Crippen molar-refractivity contribution in [3.8, 4) is 0 Å². The summed E-state index contributed by atoms with van der Waals surface area (Å²) in [5, 5.41) is 19.2. The fourth-order valence-corrected chi connectivity index (χ4v) is 4.85. The maximum Gasteiger partial charge on any atom is 0.253 e. The Bertz CT molecular complexity index is 618. The highest BCUT2D eigenvalue weighted by Crippen LogP contribution is 2.39. The number of carbonyl (C=O) groups is 1. The van der Waals surface area contributed by atoms with Crippen molar-refractivity contribution in [3.63, 3.8) is 0 Å². The van der Waals surface area contributed by atoms with Crippen LogP contribution in [0.5, 0.6) is 0 Å². The van der Waals surface area contributed by atoms with Crippen LogP contribution in [-0.2, 0) is 0 Å². The molecule has 1 aromatic rings. The molecular formula is C19H27N3O3. The third kappa shape index (κ3) is 3.08. The molecule has 4 rings (SSSR count). The number of piperazine rings is 1. The number of fused-ring (bicyclic) bond motifs is 2. The minimum absolute atomic E-state index is 0.0414. The average molecular weight is 345 g/mol. The van der Waals surface area contributed by atoms with Crippen LogP contribution in [0.3, 0.4) is 0 Å². The van der Waals surface area contributed by atoms with Gasteiger partial charge < -0.3 is 15.1 Å². The van der Waals surface area contributed by atoms with Crippen molar-refractivity contribution >= 4 is 5.91 Å². The second-order valence-electron chi connectivity index (χ2n) is 7.76. The highest BCUT2D eigenvalue weighted by molar-refractivity contribution is 5.94. The first-order valence-electron chi connectivity index (χ1n) is 9.24. The van der Waals surface area contributed by atoms with E-state index in [9.17, 15) is 9.90 Å². The largest absolute Gasteiger partial charge is 0.396 e. The minimum Gasteiger partial charge on any atom is -0.396 e. The van der Waals surface area contributed by atoms with Crippen LogP contribution in [0.1, 0.15) is 23.2 Å². The Morgan fingerprint density at radius 1 is 1.16 bits per heavy atom. The molecule has 3 heterocycles. The number of nitrogens with zero attached hydrogens (tertiary/aromatic N) is 3. The lowest BCUT2D eigenvalue weighted by Crippen LogP contribution is -2.78. The van der Waals surface area contributed by atoms with Crippen molar-refractivity contribution < 1.29 is 15.0 Å². The Morgan fingerprint density at radius 3 is 2.64 bits per heavy atom. The van der Waals surface area contributed by atoms with Gasteiger partial charge in [-0.25, -0.2) is 0 Å². The lowest BCUT2D eigenvalue weighted by Gasteiger charge is -2.61. The molecule has 0 saturated carbocycles. The Kier molecular flexibility index (Phi) is 4.54. The standard InChI is InChI=1S/C19H27N3O3/c23-8-4-7-20-12-19(13-20)14-21(10-16-9-17(24)11-22(16)19)18(25)15-5-2-1-3-6-15/h1-3,5-6,16-17,23-24H,4,7-14H2. The van der Waals surface area contributed by atoms with Crippen molar-refractivity contribution in [1.82, 2.24) is 14.7 Å². The van der Waals surface area contributed by atoms with E-state index in [1.54, 1.807) is 0 Å². The number of aliphatic hydroxyl groups excluding tert-OH is 2. The summed E-state index contributed by atoms with van der Waals surface area (Å²) >= 11 is 0. The quantitative estimate of drug-likeness (QED) is 0.805. The number of likely N-dealkylation sites (tertiary alicyclic amines) is 1. The zero-order valence-electron chi connectivity index (χ0n) is 14.5. The first-order chi connectivity index (χ1) is 12.1. The zero-order valence-corrected chi connectivity index (χ0v) is 14.5. The van der Waals surface area contributed by atoms with Gasteiger partial charge in [-0.2, -0.15) is 0 Å². The maximum absolute atomic E-state index is 12.9. The van der Waals surface area contributed by atoms with Crippen molar-refractivity contribution in [1.29, 1.82) is 0 Å². The normalized spacial score (nSPS) is 28.8. The molecule has 1 amide bonds. The number of hydrogen-bond donors (Lipinski definition) is 2. The second-order valence-corrected chi connectivity index (χ2v) is 7.76. The maximum atomic E-state index is 12.9. The summed E-state index contributed by atoms with van der Waals surface area (Å²) in [7, 11) is 0. The van der Waals surface area contributed by atoms with Crippen molar-refractivity contribution in [2.24, 2.45) is 0 Å². The molecule has 0 aliphatic carbocycles. The van der Waals surface area contributed by atoms with Gasteiger partial charge >= 0.3 is 0 Å². The fraction of sp³-hybridized carbons (Fsp3) is 0.632. The van der Waals surface area contributed by atoms with E-state index in [-0.39, 0.29) is 30.2 Å². The van der Waals surface area contributed by atoms with E-state index in [2.05, 4.69) is 9.80 Å². The molecule has 0 aromatic heterocycles. The van der Waals surface area contributed by atoms with E-state index in [1.807, 2.05) is 35.2 Å². The van der Waals surface area contributed by atoms with Gasteiger partial charge in [-0.15, -0.1) is 0 Å². The molecular weight excluding hydrogens is 318 g/mol. The summed E-state index contributed by atoms with van der Waals surface area (Å²) in [5.74, 6) is 0.0924. The average Bonchev–Trinajstić information content (AvgIpc) is 2.98. The van der Waals surface area contributed by atoms with Crippen molar-refractivity contribution in [2.75, 3.05) is 45.9 Å². The highest BCUT2D eigenvalue weighted by Gasteiger charge is 2.56. The molecule has 3 saturated heterocycles. The van der Waals surface area contributed by atoms with Gasteiger partial charge in [-0.3, -0.25) is 14.6 Å². The Balaban J connectivity index is 1.51. The van der Waals surface area contributed by atoms with Crippen LogP contribution in [0.2, 0.25) is 0 Å². The zero-order chi connectivity index (χ0) is 17.4. The molecule has 3 aliphatic heterocycles. The van der Waals surface area contributed by atoms with Crippen LogP contribution < -0.4 is 0 Å². The first kappa shape index (κ1) is 17.0. The lowest BCUT2D eigenvalue weighted by molar-refractivity contribution is -0.106. The van der Waals surface area contributed by atoms with E-state index < -0.39 is 0 Å². The molecule has 2 atom stereocenters. The van der Waals surface area contributed by atoms with E-state index >= 15 is 0 Å². The molecule has 2 unspecified atom stereocenters. The molecule has 1 spiro atoms. The van der Waals surface area contributed by atoms with Crippen LogP contribution in [0, 0.1) is 0 Å². The number of carbonyl (C=O) groups excluding carboxylic acids is 1. The van der Waals surface area contributed by atoms with E-state index in [0.717, 1.165) is 44.6 Å². The van der Waals surface area contributed by atoms with Gasteiger partial charge in [0.25, 0.3) is 5.91 Å². The van der Waals surface area contributed by atoms with E-state index in [0.29, 0.717) is 13.1 Å². The SMILES string of the molecule is O=C(c1ccccc1)N1CC2CC(O)CN2C2(CN(CCCO)C2)C1. The Morgan fingerprint density at radius 2 is 1.92 bits per heavy atom. The van der Waals surface area contributed by atoms with Gasteiger partial charge in [0.05, 0.1) is 11.6 Å². The number of amides is 1. The molecule has 3 aliphatic rings. The van der Waals surface area contributed by atoms with Crippen LogP contribution in [-0.4, -0.2) is 94.4 Å². The summed E-state index contributed by atoms with van der Waals surface area (Å²) in [6.07, 6.45) is 1.24. The number of benzene rings is 1. The summed E-state index contributed by atoms with van der Waals surface area (Å²) in [6, 6.07) is 9.72. The van der Waals surface area contributed by atoms with Gasteiger partial charge in [-0.05, 0) is 25.0 Å². The molecule has 0 radical (unpaired) electrons. The van der Waals surface area contributed by atoms with Crippen LogP contribution in [0.4, 0.5) is 0 Å². The number of hydrogen-bond acceptors (Lipinski definition) is 5. The van der Waals surface area contributed by atoms with E-state index in [4.69, 9.17) is 5.11 Å². The third-order valence-electron chi connectivity index (χ3n) is 5.89. The third-order valence-corrected chi connectivity index (χ3v) is 5.89. The van der Waals surface area contributed by atoms with Crippen LogP contribution >= 0.6 is 0 Å². The molecule has 136 valence electrons. The molecule has 6 heteroatoms. The predicted molar refractivity (Wildman–Crippen MR) is 94.3 cm³/mol. The number of rotatable bonds is 4. The highest BCUT2D eigenvalue weighted by atomic mass is 16.3. The predicted octanol–water partition coefficient (Wildman–Crippen LogP) is 0.0144. The summed E-state index contributed by atoms with van der Waals surface area (Å²) in [5.41, 5.74) is 0.696.